The second-order valence-corrected chi connectivity index (χ2v) is 3.76. The van der Waals surface area contributed by atoms with Crippen LogP contribution >= 0.6 is 0 Å². The highest BCUT2D eigenvalue weighted by Gasteiger charge is 2.06. The first-order chi connectivity index (χ1) is 7.65. The van der Waals surface area contributed by atoms with E-state index in [1.165, 1.54) is 0 Å². The Morgan fingerprint density at radius 1 is 1.50 bits per heavy atom. The zero-order valence-corrected chi connectivity index (χ0v) is 10.3. The van der Waals surface area contributed by atoms with E-state index >= 15 is 0 Å². The van der Waals surface area contributed by atoms with E-state index < -0.39 is 0 Å². The Bertz CT molecular complexity index is 208. The average molecular weight is 228 g/mol. The van der Waals surface area contributed by atoms with Gasteiger partial charge in [0, 0.05) is 13.1 Å². The summed E-state index contributed by atoms with van der Waals surface area (Å²) in [4.78, 5) is 12.5. The Morgan fingerprint density at radius 2 is 2.19 bits per heavy atom. The number of carbonyl (C=O) groups is 1. The Morgan fingerprint density at radius 3 is 2.62 bits per heavy atom. The molecular formula is C11H24N4O. The maximum absolute atomic E-state index is 10.7. The molecule has 0 amide bonds. The van der Waals surface area contributed by atoms with E-state index in [1.54, 1.807) is 0 Å². The van der Waals surface area contributed by atoms with Crippen LogP contribution < -0.4 is 11.1 Å². The van der Waals surface area contributed by atoms with E-state index in [0.29, 0.717) is 0 Å². The van der Waals surface area contributed by atoms with Gasteiger partial charge in [0.1, 0.15) is 6.29 Å². The number of hydrogen-bond donors (Lipinski definition) is 3. The van der Waals surface area contributed by atoms with Gasteiger partial charge in [-0.25, -0.2) is 0 Å². The topological polar surface area (TPSA) is 82.2 Å². The smallest absolute Gasteiger partial charge is 0.188 e. The Hall–Kier alpha value is -1.10. The van der Waals surface area contributed by atoms with E-state index in [0.717, 1.165) is 45.2 Å². The maximum Gasteiger partial charge on any atom is 0.188 e. The third-order valence-corrected chi connectivity index (χ3v) is 2.55. The molecule has 16 heavy (non-hydrogen) atoms. The molecule has 4 N–H and O–H groups in total. The number of nitrogens with one attached hydrogen (secondary N) is 2. The van der Waals surface area contributed by atoms with Crippen molar-refractivity contribution in [2.75, 3.05) is 19.6 Å². The van der Waals surface area contributed by atoms with E-state index in [1.807, 2.05) is 18.7 Å². The molecule has 5 heteroatoms. The molecule has 1 atom stereocenters. The largest absolute Gasteiger partial charge is 0.370 e. The highest BCUT2D eigenvalue weighted by Crippen LogP contribution is 2.01. The third kappa shape index (κ3) is 6.40. The number of rotatable bonds is 9. The van der Waals surface area contributed by atoms with Crippen LogP contribution in [0.3, 0.4) is 0 Å². The lowest BCUT2D eigenvalue weighted by Crippen LogP contribution is -2.37. The minimum absolute atomic E-state index is 0.0302. The van der Waals surface area contributed by atoms with E-state index in [2.05, 4.69) is 5.32 Å². The molecule has 0 radical (unpaired) electrons. The minimum atomic E-state index is -0.0302. The van der Waals surface area contributed by atoms with Gasteiger partial charge in [0.15, 0.2) is 5.96 Å². The monoisotopic (exact) mass is 228 g/mol. The molecule has 94 valence electrons. The number of likely N-dealkylation sites (N-methyl/N-ethyl adjacent to an activating group) is 1. The Balaban J connectivity index is 3.64. The molecule has 0 spiro atoms. The molecule has 0 aromatic rings. The van der Waals surface area contributed by atoms with E-state index in [4.69, 9.17) is 11.1 Å². The number of aldehydes is 1. The van der Waals surface area contributed by atoms with Gasteiger partial charge in [-0.2, -0.15) is 0 Å². The summed E-state index contributed by atoms with van der Waals surface area (Å²) in [5.74, 6) is 0.126. The predicted octanol–water partition coefficient (Wildman–Crippen LogP) is 0.549. The van der Waals surface area contributed by atoms with Gasteiger partial charge in [0.25, 0.3) is 0 Å². The number of guanidine groups is 1. The van der Waals surface area contributed by atoms with Crippen molar-refractivity contribution in [3.05, 3.63) is 0 Å². The van der Waals surface area contributed by atoms with Crippen molar-refractivity contribution in [2.45, 2.75) is 39.2 Å². The molecule has 0 aliphatic carbocycles. The zero-order valence-electron chi connectivity index (χ0n) is 10.3. The average Bonchev–Trinajstić information content (AvgIpc) is 2.27. The Labute approximate surface area is 97.9 Å². The highest BCUT2D eigenvalue weighted by atomic mass is 16.1. The number of nitrogens with zero attached hydrogens (tertiary/aromatic N) is 1. The summed E-state index contributed by atoms with van der Waals surface area (Å²) in [6.07, 6.45) is 3.75. The molecule has 0 rings (SSSR count). The highest BCUT2D eigenvalue weighted by molar-refractivity contribution is 5.74. The minimum Gasteiger partial charge on any atom is -0.370 e. The van der Waals surface area contributed by atoms with Crippen LogP contribution in [-0.4, -0.2) is 42.8 Å². The summed E-state index contributed by atoms with van der Waals surface area (Å²) in [7, 11) is 0. The van der Waals surface area contributed by atoms with Crippen LogP contribution in [0.1, 0.15) is 33.1 Å². The van der Waals surface area contributed by atoms with E-state index in [-0.39, 0.29) is 12.0 Å². The third-order valence-electron chi connectivity index (χ3n) is 2.55. The zero-order chi connectivity index (χ0) is 12.4. The van der Waals surface area contributed by atoms with Crippen molar-refractivity contribution in [2.24, 2.45) is 5.73 Å². The van der Waals surface area contributed by atoms with Gasteiger partial charge in [0.2, 0.25) is 0 Å². The fourth-order valence-electron chi connectivity index (χ4n) is 1.60. The first kappa shape index (κ1) is 14.9. The molecule has 0 unspecified atom stereocenters. The lowest BCUT2D eigenvalue weighted by atomic mass is 10.1. The molecular weight excluding hydrogens is 204 g/mol. The molecule has 0 aliphatic rings. The predicted molar refractivity (Wildman–Crippen MR) is 66.5 cm³/mol. The van der Waals surface area contributed by atoms with Crippen molar-refractivity contribution < 1.29 is 4.79 Å². The molecule has 0 aromatic heterocycles. The molecule has 0 aromatic carbocycles. The summed E-state index contributed by atoms with van der Waals surface area (Å²) >= 11 is 0. The van der Waals surface area contributed by atoms with Gasteiger partial charge in [-0.1, -0.05) is 6.92 Å². The van der Waals surface area contributed by atoms with Crippen LogP contribution in [0.2, 0.25) is 0 Å². The maximum atomic E-state index is 10.7. The number of hydrogen-bond acceptors (Lipinski definition) is 3. The normalized spacial score (nSPS) is 12.1. The number of carbonyl (C=O) groups excluding carboxylic acids is 1. The molecule has 0 saturated carbocycles. The standard InChI is InChI=1S/C11H24N4O/c1-3-14-10(9-16)7-5-6-8-15(4-2)11(12)13/h9-10,14H,3-8H2,1-2H3,(H3,12,13)/t10-/m0/s1. The molecule has 0 heterocycles. The molecule has 0 aliphatic heterocycles. The second-order valence-electron chi connectivity index (χ2n) is 3.76. The van der Waals surface area contributed by atoms with Gasteiger partial charge < -0.3 is 20.7 Å². The van der Waals surface area contributed by atoms with Crippen LogP contribution in [0.25, 0.3) is 0 Å². The van der Waals surface area contributed by atoms with Crippen LogP contribution in [0.15, 0.2) is 0 Å². The molecule has 0 fully saturated rings. The lowest BCUT2D eigenvalue weighted by molar-refractivity contribution is -0.109. The summed E-state index contributed by atoms with van der Waals surface area (Å²) in [6, 6.07) is -0.0302. The first-order valence-electron chi connectivity index (χ1n) is 5.93. The van der Waals surface area contributed by atoms with Crippen LogP contribution in [-0.2, 0) is 4.79 Å². The second kappa shape index (κ2) is 9.15. The first-order valence-corrected chi connectivity index (χ1v) is 5.93. The quantitative estimate of drug-likeness (QED) is 0.233. The lowest BCUT2D eigenvalue weighted by Gasteiger charge is -2.20. The van der Waals surface area contributed by atoms with Crippen molar-refractivity contribution in [1.82, 2.24) is 10.2 Å². The van der Waals surface area contributed by atoms with Crippen LogP contribution in [0, 0.1) is 5.41 Å². The fourth-order valence-corrected chi connectivity index (χ4v) is 1.60. The van der Waals surface area contributed by atoms with Crippen molar-refractivity contribution in [3.63, 3.8) is 0 Å². The van der Waals surface area contributed by atoms with Crippen molar-refractivity contribution >= 4 is 12.2 Å². The summed E-state index contributed by atoms with van der Waals surface area (Å²) in [5, 5.41) is 10.4. The van der Waals surface area contributed by atoms with Gasteiger partial charge in [0.05, 0.1) is 6.04 Å². The Kier molecular flexibility index (Phi) is 8.52. The summed E-state index contributed by atoms with van der Waals surface area (Å²) in [5.41, 5.74) is 5.40. The summed E-state index contributed by atoms with van der Waals surface area (Å²) in [6.45, 7) is 6.35. The van der Waals surface area contributed by atoms with Gasteiger partial charge in [-0.05, 0) is 32.7 Å². The van der Waals surface area contributed by atoms with Crippen molar-refractivity contribution in [1.29, 1.82) is 5.41 Å². The number of nitrogens with two attached hydrogens (primary N) is 1. The van der Waals surface area contributed by atoms with Gasteiger partial charge in [-0.3, -0.25) is 5.41 Å². The van der Waals surface area contributed by atoms with Gasteiger partial charge in [-0.15, -0.1) is 0 Å². The summed E-state index contributed by atoms with van der Waals surface area (Å²) < 4.78 is 0. The SMILES string of the molecule is CCN[C@H](C=O)CCCCN(CC)C(=N)N. The van der Waals surface area contributed by atoms with Crippen molar-refractivity contribution in [3.8, 4) is 0 Å². The molecule has 0 saturated heterocycles. The molecule has 5 nitrogen and oxygen atoms in total. The fraction of sp³-hybridized carbons (Fsp3) is 0.818. The van der Waals surface area contributed by atoms with Gasteiger partial charge >= 0.3 is 0 Å². The van der Waals surface area contributed by atoms with Crippen LogP contribution in [0.4, 0.5) is 0 Å². The molecule has 0 bridgehead atoms. The van der Waals surface area contributed by atoms with E-state index in [9.17, 15) is 4.79 Å². The number of unbranched alkanes of at least 4 members (excludes halogenated alkanes) is 1. The van der Waals surface area contributed by atoms with Crippen LogP contribution in [0.5, 0.6) is 0 Å².